The Kier molecular flexibility index (Phi) is 2.33. The minimum Gasteiger partial charge on any atom is -0.399 e. The molecule has 1 aromatic rings. The Morgan fingerprint density at radius 2 is 1.75 bits per heavy atom. The van der Waals surface area contributed by atoms with Gasteiger partial charge in [-0.1, -0.05) is 0 Å². The van der Waals surface area contributed by atoms with Crippen LogP contribution in [-0.2, 0) is 16.4 Å². The normalized spacial score (nSPS) is 22.7. The Bertz CT molecular complexity index is 398. The van der Waals surface area contributed by atoms with Crippen molar-refractivity contribution in [1.29, 1.82) is 0 Å². The maximum absolute atomic E-state index is 5.90. The van der Waals surface area contributed by atoms with Crippen LogP contribution in [0, 0.1) is 0 Å². The van der Waals surface area contributed by atoms with Crippen LogP contribution in [0.5, 0.6) is 0 Å². The van der Waals surface area contributed by atoms with Gasteiger partial charge in [0.2, 0.25) is 0 Å². The molecule has 2 N–H and O–H groups in total. The Morgan fingerprint density at radius 1 is 1.25 bits per heavy atom. The van der Waals surface area contributed by atoms with Gasteiger partial charge in [0.15, 0.2) is 0 Å². The Labute approximate surface area is 96.0 Å². The summed E-state index contributed by atoms with van der Waals surface area (Å²) in [5, 5.41) is 4.09. The van der Waals surface area contributed by atoms with Gasteiger partial charge >= 0.3 is 7.12 Å². The summed E-state index contributed by atoms with van der Waals surface area (Å²) in [6.45, 7) is 8.05. The highest BCUT2D eigenvalue weighted by Gasteiger charge is 2.52. The Balaban J connectivity index is 2.30. The minimum atomic E-state index is -0.432. The van der Waals surface area contributed by atoms with E-state index in [1.807, 2.05) is 27.7 Å². The molecular weight excluding hydrogens is 205 g/mol. The molecule has 0 aliphatic carbocycles. The first-order valence-electron chi connectivity index (χ1n) is 5.37. The average Bonchev–Trinajstić information content (AvgIpc) is 2.54. The van der Waals surface area contributed by atoms with E-state index in [0.717, 1.165) is 5.46 Å². The van der Waals surface area contributed by atoms with Gasteiger partial charge in [0.05, 0.1) is 17.4 Å². The molecule has 0 amide bonds. The lowest BCUT2D eigenvalue weighted by Crippen LogP contribution is -2.41. The SMILES string of the molecule is Cn1ncc(B2OC(C)(C)C(C)(C)O2)c1N. The van der Waals surface area contributed by atoms with Gasteiger partial charge in [0.25, 0.3) is 0 Å². The summed E-state index contributed by atoms with van der Waals surface area (Å²) in [6.07, 6.45) is 1.69. The quantitative estimate of drug-likeness (QED) is 0.695. The summed E-state index contributed by atoms with van der Waals surface area (Å²) in [6, 6.07) is 0. The van der Waals surface area contributed by atoms with E-state index >= 15 is 0 Å². The summed E-state index contributed by atoms with van der Waals surface area (Å²) < 4.78 is 13.4. The largest absolute Gasteiger partial charge is 0.500 e. The van der Waals surface area contributed by atoms with Crippen LogP contribution in [0.2, 0.25) is 0 Å². The number of aryl methyl sites for hydroxylation is 1. The molecule has 1 fully saturated rings. The van der Waals surface area contributed by atoms with E-state index in [2.05, 4.69) is 5.10 Å². The van der Waals surface area contributed by atoms with Gasteiger partial charge < -0.3 is 15.0 Å². The number of nitrogens with two attached hydrogens (primary N) is 1. The second-order valence-corrected chi connectivity index (χ2v) is 5.20. The van der Waals surface area contributed by atoms with Crippen molar-refractivity contribution in [2.24, 2.45) is 7.05 Å². The molecule has 5 nitrogen and oxygen atoms in total. The summed E-state index contributed by atoms with van der Waals surface area (Å²) >= 11 is 0. The zero-order valence-electron chi connectivity index (χ0n) is 10.4. The number of nitrogen functional groups attached to an aromatic ring is 1. The van der Waals surface area contributed by atoms with Crippen molar-refractivity contribution in [2.75, 3.05) is 5.73 Å². The summed E-state index contributed by atoms with van der Waals surface area (Å²) in [7, 11) is 1.36. The van der Waals surface area contributed by atoms with E-state index in [4.69, 9.17) is 15.0 Å². The molecule has 0 atom stereocenters. The fraction of sp³-hybridized carbons (Fsp3) is 0.700. The molecule has 2 heterocycles. The van der Waals surface area contributed by atoms with Crippen molar-refractivity contribution >= 4 is 18.4 Å². The third-order valence-corrected chi connectivity index (χ3v) is 3.52. The van der Waals surface area contributed by atoms with Crippen LogP contribution in [-0.4, -0.2) is 28.1 Å². The van der Waals surface area contributed by atoms with Crippen LogP contribution in [0.4, 0.5) is 5.82 Å². The second kappa shape index (κ2) is 3.24. The number of rotatable bonds is 1. The van der Waals surface area contributed by atoms with E-state index < -0.39 is 7.12 Å². The van der Waals surface area contributed by atoms with Gasteiger partial charge in [0, 0.05) is 12.5 Å². The first-order chi connectivity index (χ1) is 7.24. The fourth-order valence-electron chi connectivity index (χ4n) is 1.62. The summed E-state index contributed by atoms with van der Waals surface area (Å²) in [4.78, 5) is 0. The topological polar surface area (TPSA) is 62.3 Å². The van der Waals surface area contributed by atoms with Gasteiger partial charge in [-0.15, -0.1) is 0 Å². The van der Waals surface area contributed by atoms with Crippen molar-refractivity contribution in [3.8, 4) is 0 Å². The van der Waals surface area contributed by atoms with Crippen molar-refractivity contribution < 1.29 is 9.31 Å². The van der Waals surface area contributed by atoms with Gasteiger partial charge in [-0.05, 0) is 27.7 Å². The molecule has 88 valence electrons. The van der Waals surface area contributed by atoms with Crippen LogP contribution >= 0.6 is 0 Å². The van der Waals surface area contributed by atoms with Crippen molar-refractivity contribution in [3.05, 3.63) is 6.20 Å². The van der Waals surface area contributed by atoms with Crippen LogP contribution in [0.15, 0.2) is 6.20 Å². The molecule has 6 heteroatoms. The maximum atomic E-state index is 5.90. The number of aromatic nitrogens is 2. The molecule has 0 aromatic carbocycles. The fourth-order valence-corrected chi connectivity index (χ4v) is 1.62. The molecule has 0 unspecified atom stereocenters. The molecule has 1 aromatic heterocycles. The Hall–Kier alpha value is -1.01. The zero-order chi connectivity index (χ0) is 12.1. The molecule has 0 spiro atoms. The molecular formula is C10H18BN3O2. The van der Waals surface area contributed by atoms with Gasteiger partial charge in [-0.2, -0.15) is 5.10 Å². The molecule has 0 saturated carbocycles. The summed E-state index contributed by atoms with van der Waals surface area (Å²) in [5.41, 5.74) is 6.00. The van der Waals surface area contributed by atoms with E-state index in [0.29, 0.717) is 5.82 Å². The van der Waals surface area contributed by atoms with Gasteiger partial charge in [0.1, 0.15) is 5.82 Å². The van der Waals surface area contributed by atoms with Crippen LogP contribution < -0.4 is 11.2 Å². The predicted molar refractivity (Wildman–Crippen MR) is 63.3 cm³/mol. The van der Waals surface area contributed by atoms with Crippen LogP contribution in [0.3, 0.4) is 0 Å². The maximum Gasteiger partial charge on any atom is 0.500 e. The first-order valence-corrected chi connectivity index (χ1v) is 5.37. The van der Waals surface area contributed by atoms with E-state index in [9.17, 15) is 0 Å². The first kappa shape index (κ1) is 11.5. The van der Waals surface area contributed by atoms with E-state index in [-0.39, 0.29) is 11.2 Å². The van der Waals surface area contributed by atoms with E-state index in [1.54, 1.807) is 17.9 Å². The number of hydrogen-bond acceptors (Lipinski definition) is 4. The van der Waals surface area contributed by atoms with E-state index in [1.165, 1.54) is 0 Å². The monoisotopic (exact) mass is 223 g/mol. The molecule has 0 radical (unpaired) electrons. The molecule has 0 bridgehead atoms. The zero-order valence-corrected chi connectivity index (χ0v) is 10.4. The lowest BCUT2D eigenvalue weighted by atomic mass is 9.81. The predicted octanol–water partition coefficient (Wildman–Crippen LogP) is 0.301. The standard InChI is InChI=1S/C10H18BN3O2/c1-9(2)10(3,4)16-11(15-9)7-6-13-14(5)8(7)12/h6H,12H2,1-5H3. The van der Waals surface area contributed by atoms with Crippen LogP contribution in [0.25, 0.3) is 0 Å². The number of anilines is 1. The lowest BCUT2D eigenvalue weighted by Gasteiger charge is -2.32. The van der Waals surface area contributed by atoms with Gasteiger partial charge in [-0.3, -0.25) is 4.68 Å². The molecule has 16 heavy (non-hydrogen) atoms. The third-order valence-electron chi connectivity index (χ3n) is 3.52. The Morgan fingerprint density at radius 3 is 2.12 bits per heavy atom. The lowest BCUT2D eigenvalue weighted by molar-refractivity contribution is 0.00578. The van der Waals surface area contributed by atoms with Crippen molar-refractivity contribution in [1.82, 2.24) is 9.78 Å². The molecule has 2 rings (SSSR count). The second-order valence-electron chi connectivity index (χ2n) is 5.20. The smallest absolute Gasteiger partial charge is 0.399 e. The highest BCUT2D eigenvalue weighted by atomic mass is 16.7. The van der Waals surface area contributed by atoms with Crippen molar-refractivity contribution in [3.63, 3.8) is 0 Å². The molecule has 1 aliphatic heterocycles. The van der Waals surface area contributed by atoms with Crippen molar-refractivity contribution in [2.45, 2.75) is 38.9 Å². The van der Waals surface area contributed by atoms with Crippen LogP contribution in [0.1, 0.15) is 27.7 Å². The number of nitrogens with zero attached hydrogens (tertiary/aromatic N) is 2. The highest BCUT2D eigenvalue weighted by Crippen LogP contribution is 2.36. The molecule has 1 aliphatic rings. The molecule has 1 saturated heterocycles. The average molecular weight is 223 g/mol. The third kappa shape index (κ3) is 1.53. The highest BCUT2D eigenvalue weighted by molar-refractivity contribution is 6.63. The minimum absolute atomic E-state index is 0.347. The van der Waals surface area contributed by atoms with Gasteiger partial charge in [-0.25, -0.2) is 0 Å². The number of hydrogen-bond donors (Lipinski definition) is 1. The summed E-state index contributed by atoms with van der Waals surface area (Å²) in [5.74, 6) is 0.582.